The first-order valence-corrected chi connectivity index (χ1v) is 9.41. The van der Waals surface area contributed by atoms with Crippen LogP contribution in [0.25, 0.3) is 22.4 Å². The highest BCUT2D eigenvalue weighted by Gasteiger charge is 2.18. The van der Waals surface area contributed by atoms with Crippen LogP contribution in [0.15, 0.2) is 79.1 Å². The van der Waals surface area contributed by atoms with Crippen LogP contribution in [0.2, 0.25) is 0 Å². The number of nitrogens with zero attached hydrogens (tertiary/aromatic N) is 4. The smallest absolute Gasteiger partial charge is 0.227 e. The van der Waals surface area contributed by atoms with Crippen LogP contribution in [0.4, 0.5) is 0 Å². The van der Waals surface area contributed by atoms with Crippen LogP contribution in [0, 0.1) is 11.3 Å². The van der Waals surface area contributed by atoms with Gasteiger partial charge >= 0.3 is 0 Å². The van der Waals surface area contributed by atoms with Crippen LogP contribution in [0.5, 0.6) is 0 Å². The third-order valence-corrected chi connectivity index (χ3v) is 4.95. The van der Waals surface area contributed by atoms with Crippen molar-refractivity contribution in [2.45, 2.75) is 6.54 Å². The zero-order valence-electron chi connectivity index (χ0n) is 16.4. The summed E-state index contributed by atoms with van der Waals surface area (Å²) in [6, 6.07) is 22.0. The van der Waals surface area contributed by atoms with E-state index in [0.29, 0.717) is 17.0 Å². The van der Waals surface area contributed by atoms with Crippen molar-refractivity contribution in [1.82, 2.24) is 9.55 Å². The molecule has 2 aromatic carbocycles. The predicted molar refractivity (Wildman–Crippen MR) is 113 cm³/mol. The second-order valence-corrected chi connectivity index (χ2v) is 6.87. The Balaban J connectivity index is 1.63. The van der Waals surface area contributed by atoms with E-state index >= 15 is 0 Å². The number of fused-ring (bicyclic) bond motifs is 1. The second-order valence-electron chi connectivity index (χ2n) is 6.87. The number of imidazole rings is 1. The van der Waals surface area contributed by atoms with E-state index in [-0.39, 0.29) is 23.7 Å². The van der Waals surface area contributed by atoms with E-state index in [2.05, 4.69) is 11.1 Å². The number of aliphatic hydroxyl groups excluding tert-OH is 1. The summed E-state index contributed by atoms with van der Waals surface area (Å²) in [4.78, 5) is 16.9. The standard InChI is InChI=1S/C24H18N4O2/c1-27-21-10-6-5-9-20(21)26-24(27)19(15-25)23(30)18-11-13-28(14-12-18)16-22(29)17-7-3-2-4-8-17/h2-14H,16H2,1H3/p+1. The van der Waals surface area contributed by atoms with Gasteiger partial charge < -0.3 is 9.67 Å². The van der Waals surface area contributed by atoms with E-state index in [0.717, 1.165) is 11.0 Å². The molecule has 0 aliphatic rings. The highest BCUT2D eigenvalue weighted by Crippen LogP contribution is 2.25. The van der Waals surface area contributed by atoms with Gasteiger partial charge in [0.15, 0.2) is 18.2 Å². The van der Waals surface area contributed by atoms with Crippen molar-refractivity contribution < 1.29 is 14.5 Å². The summed E-state index contributed by atoms with van der Waals surface area (Å²) in [7, 11) is 1.81. The third-order valence-electron chi connectivity index (χ3n) is 4.95. The normalized spacial score (nSPS) is 11.7. The van der Waals surface area contributed by atoms with Gasteiger partial charge in [-0.1, -0.05) is 42.5 Å². The monoisotopic (exact) mass is 395 g/mol. The van der Waals surface area contributed by atoms with Crippen molar-refractivity contribution in [3.8, 4) is 6.07 Å². The van der Waals surface area contributed by atoms with Gasteiger partial charge in [-0.25, -0.2) is 4.98 Å². The lowest BCUT2D eigenvalue weighted by molar-refractivity contribution is -0.683. The van der Waals surface area contributed by atoms with Gasteiger partial charge in [-0.05, 0) is 12.1 Å². The number of carbonyl (C=O) groups is 1. The van der Waals surface area contributed by atoms with E-state index in [9.17, 15) is 15.2 Å². The Morgan fingerprint density at radius 1 is 1.03 bits per heavy atom. The number of aromatic nitrogens is 3. The summed E-state index contributed by atoms with van der Waals surface area (Å²) in [5, 5.41) is 20.5. The van der Waals surface area contributed by atoms with E-state index in [4.69, 9.17) is 0 Å². The molecule has 0 radical (unpaired) electrons. The van der Waals surface area contributed by atoms with Crippen LogP contribution >= 0.6 is 0 Å². The maximum atomic E-state index is 12.4. The lowest BCUT2D eigenvalue weighted by Crippen LogP contribution is -2.37. The molecule has 0 spiro atoms. The minimum absolute atomic E-state index is 0.00877. The molecule has 0 aliphatic carbocycles. The molecule has 0 saturated heterocycles. The number of aliphatic hydroxyl groups is 1. The number of nitriles is 1. The zero-order chi connectivity index (χ0) is 21.1. The maximum absolute atomic E-state index is 12.4. The molecule has 6 heteroatoms. The Bertz CT molecular complexity index is 1300. The number of para-hydroxylation sites is 2. The molecule has 2 heterocycles. The number of benzene rings is 2. The van der Waals surface area contributed by atoms with Crippen molar-refractivity contribution in [1.29, 1.82) is 5.26 Å². The fourth-order valence-electron chi connectivity index (χ4n) is 3.32. The molecular weight excluding hydrogens is 376 g/mol. The summed E-state index contributed by atoms with van der Waals surface area (Å²) in [6.45, 7) is 0.185. The Labute approximate surface area is 173 Å². The molecule has 6 nitrogen and oxygen atoms in total. The van der Waals surface area contributed by atoms with Crippen LogP contribution in [0.3, 0.4) is 0 Å². The van der Waals surface area contributed by atoms with Crippen molar-refractivity contribution in [2.75, 3.05) is 0 Å². The molecule has 2 aromatic heterocycles. The summed E-state index contributed by atoms with van der Waals surface area (Å²) in [6.07, 6.45) is 3.41. The first-order valence-electron chi connectivity index (χ1n) is 9.41. The predicted octanol–water partition coefficient (Wildman–Crippen LogP) is 3.69. The van der Waals surface area contributed by atoms with Crippen molar-refractivity contribution in [2.24, 2.45) is 7.05 Å². The minimum Gasteiger partial charge on any atom is -0.506 e. The molecule has 1 N–H and O–H groups in total. The first-order chi connectivity index (χ1) is 14.6. The topological polar surface area (TPSA) is 82.8 Å². The largest absolute Gasteiger partial charge is 0.506 e. The number of ketones is 1. The number of carbonyl (C=O) groups excluding carboxylic acids is 1. The van der Waals surface area contributed by atoms with E-state index < -0.39 is 0 Å². The average molecular weight is 395 g/mol. The second kappa shape index (κ2) is 8.02. The van der Waals surface area contributed by atoms with Gasteiger partial charge in [-0.15, -0.1) is 0 Å². The van der Waals surface area contributed by atoms with Crippen LogP contribution in [-0.4, -0.2) is 20.4 Å². The molecule has 0 atom stereocenters. The molecule has 0 fully saturated rings. The number of Topliss-reactive ketones (excluding diaryl/α,β-unsaturated/α-hetero) is 1. The molecule has 146 valence electrons. The van der Waals surface area contributed by atoms with Crippen molar-refractivity contribution in [3.05, 3.63) is 96.1 Å². The molecular formula is C24H19N4O2+. The Hall–Kier alpha value is -4.24. The van der Waals surface area contributed by atoms with Gasteiger partial charge in [0, 0.05) is 30.3 Å². The van der Waals surface area contributed by atoms with E-state index in [1.54, 1.807) is 45.8 Å². The van der Waals surface area contributed by atoms with Gasteiger partial charge in [0.25, 0.3) is 0 Å². The van der Waals surface area contributed by atoms with Gasteiger partial charge in [0.05, 0.1) is 11.0 Å². The Morgan fingerprint density at radius 3 is 2.37 bits per heavy atom. The van der Waals surface area contributed by atoms with Gasteiger partial charge in [-0.3, -0.25) is 4.79 Å². The van der Waals surface area contributed by atoms with Crippen LogP contribution < -0.4 is 4.57 Å². The molecule has 4 aromatic rings. The number of aryl methyl sites for hydroxylation is 1. The summed E-state index contributed by atoms with van der Waals surface area (Å²) < 4.78 is 3.51. The van der Waals surface area contributed by atoms with Gasteiger partial charge in [-0.2, -0.15) is 9.83 Å². The zero-order valence-corrected chi connectivity index (χ0v) is 16.4. The lowest BCUT2D eigenvalue weighted by atomic mass is 10.1. The molecule has 0 unspecified atom stereocenters. The number of hydrogen-bond acceptors (Lipinski definition) is 4. The van der Waals surface area contributed by atoms with E-state index in [1.165, 1.54) is 0 Å². The Morgan fingerprint density at radius 2 is 1.70 bits per heavy atom. The summed E-state index contributed by atoms with van der Waals surface area (Å²) in [5.41, 5.74) is 2.83. The summed E-state index contributed by atoms with van der Waals surface area (Å²) in [5.74, 6) is 0.232. The van der Waals surface area contributed by atoms with Crippen molar-refractivity contribution in [3.63, 3.8) is 0 Å². The summed E-state index contributed by atoms with van der Waals surface area (Å²) >= 11 is 0. The van der Waals surface area contributed by atoms with Gasteiger partial charge in [0.1, 0.15) is 17.4 Å². The SMILES string of the molecule is Cn1c(/C(C#N)=C(\O)c2cc[n+](CC(=O)c3ccccc3)cc2)nc2ccccc21. The minimum atomic E-state index is -0.155. The molecule has 0 aliphatic heterocycles. The number of hydrogen-bond donors (Lipinski definition) is 1. The third kappa shape index (κ3) is 3.56. The quantitative estimate of drug-likeness (QED) is 0.242. The van der Waals surface area contributed by atoms with Crippen LogP contribution in [0.1, 0.15) is 21.7 Å². The lowest BCUT2D eigenvalue weighted by Gasteiger charge is -2.05. The molecule has 0 bridgehead atoms. The fourth-order valence-corrected chi connectivity index (χ4v) is 3.32. The highest BCUT2D eigenvalue weighted by molar-refractivity contribution is 5.95. The highest BCUT2D eigenvalue weighted by atomic mass is 16.3. The molecule has 0 saturated carbocycles. The number of rotatable bonds is 5. The van der Waals surface area contributed by atoms with Crippen LogP contribution in [-0.2, 0) is 13.6 Å². The van der Waals surface area contributed by atoms with Crippen molar-refractivity contribution >= 4 is 28.1 Å². The Kier molecular flexibility index (Phi) is 5.10. The number of allylic oxidation sites excluding steroid dienone is 1. The molecule has 0 amide bonds. The van der Waals surface area contributed by atoms with Gasteiger partial charge in [0.2, 0.25) is 12.3 Å². The first kappa shape index (κ1) is 19.1. The average Bonchev–Trinajstić information content (AvgIpc) is 3.12. The molecule has 4 rings (SSSR count). The number of pyridine rings is 1. The van der Waals surface area contributed by atoms with E-state index in [1.807, 2.05) is 49.5 Å². The fraction of sp³-hybridized carbons (Fsp3) is 0.0833. The maximum Gasteiger partial charge on any atom is 0.227 e. The molecule has 30 heavy (non-hydrogen) atoms.